The molecule has 1 aromatic heterocycles. The Morgan fingerprint density at radius 1 is 1.15 bits per heavy atom. The summed E-state index contributed by atoms with van der Waals surface area (Å²) in [6.45, 7) is 3.62. The highest BCUT2D eigenvalue weighted by atomic mass is 19.4. The molecule has 2 aromatic carbocycles. The normalized spacial score (nSPS) is 11.8. The molecule has 3 rings (SSSR count). The van der Waals surface area contributed by atoms with E-state index in [-0.39, 0.29) is 12.1 Å². The van der Waals surface area contributed by atoms with Crippen molar-refractivity contribution in [1.29, 1.82) is 0 Å². The van der Waals surface area contributed by atoms with Gasteiger partial charge in [-0.15, -0.1) is 0 Å². The minimum absolute atomic E-state index is 0.0569. The van der Waals surface area contributed by atoms with Crippen LogP contribution >= 0.6 is 0 Å². The lowest BCUT2D eigenvalue weighted by atomic mass is 10.1. The van der Waals surface area contributed by atoms with Gasteiger partial charge < -0.3 is 9.30 Å². The van der Waals surface area contributed by atoms with Crippen molar-refractivity contribution in [2.75, 3.05) is 7.11 Å². The summed E-state index contributed by atoms with van der Waals surface area (Å²) < 4.78 is 46.3. The topological polar surface area (TPSA) is 44.1 Å². The number of aromatic nitrogens is 2. The van der Waals surface area contributed by atoms with Crippen molar-refractivity contribution in [2.24, 2.45) is 0 Å². The maximum absolute atomic E-state index is 13.5. The Hall–Kier alpha value is -2.83. The molecule has 0 bridgehead atoms. The van der Waals surface area contributed by atoms with E-state index in [1.54, 1.807) is 30.3 Å². The van der Waals surface area contributed by atoms with Gasteiger partial charge in [0.05, 0.1) is 23.7 Å². The van der Waals surface area contributed by atoms with Crippen LogP contribution in [0.2, 0.25) is 0 Å². The molecule has 0 N–H and O–H groups in total. The Kier molecular flexibility index (Phi) is 4.48. The predicted molar refractivity (Wildman–Crippen MR) is 91.1 cm³/mol. The highest BCUT2D eigenvalue weighted by molar-refractivity contribution is 5.89. The largest absolute Gasteiger partial charge is 0.465 e. The second-order valence-electron chi connectivity index (χ2n) is 6.14. The Bertz CT molecular complexity index is 990. The molecule has 1 heterocycles. The van der Waals surface area contributed by atoms with Gasteiger partial charge in [0.25, 0.3) is 0 Å². The third-order valence-electron chi connectivity index (χ3n) is 4.31. The number of carbonyl (C=O) groups is 1. The maximum Gasteiger partial charge on any atom is 0.449 e. The minimum atomic E-state index is -4.58. The van der Waals surface area contributed by atoms with E-state index >= 15 is 0 Å². The van der Waals surface area contributed by atoms with Gasteiger partial charge in [0.2, 0.25) is 5.82 Å². The third-order valence-corrected chi connectivity index (χ3v) is 4.31. The monoisotopic (exact) mass is 362 g/mol. The Morgan fingerprint density at radius 2 is 1.85 bits per heavy atom. The van der Waals surface area contributed by atoms with E-state index in [0.29, 0.717) is 16.6 Å². The zero-order valence-electron chi connectivity index (χ0n) is 14.5. The van der Waals surface area contributed by atoms with Crippen LogP contribution in [0.25, 0.3) is 11.0 Å². The molecule has 0 amide bonds. The lowest BCUT2D eigenvalue weighted by Crippen LogP contribution is -2.16. The molecule has 0 saturated heterocycles. The van der Waals surface area contributed by atoms with Crippen LogP contribution in [-0.2, 0) is 17.5 Å². The lowest BCUT2D eigenvalue weighted by Gasteiger charge is -2.12. The molecule has 0 radical (unpaired) electrons. The number of hydrogen-bond donors (Lipinski definition) is 0. The average molecular weight is 362 g/mol. The van der Waals surface area contributed by atoms with Crippen LogP contribution in [0.4, 0.5) is 13.2 Å². The summed E-state index contributed by atoms with van der Waals surface area (Å²) in [6, 6.07) is 9.72. The smallest absolute Gasteiger partial charge is 0.449 e. The molecule has 7 heteroatoms. The quantitative estimate of drug-likeness (QED) is 0.644. The Balaban J connectivity index is 2.14. The highest BCUT2D eigenvalue weighted by Gasteiger charge is 2.37. The summed E-state index contributed by atoms with van der Waals surface area (Å²) in [7, 11) is 1.26. The summed E-state index contributed by atoms with van der Waals surface area (Å²) >= 11 is 0. The number of benzene rings is 2. The van der Waals surface area contributed by atoms with Gasteiger partial charge in [-0.3, -0.25) is 0 Å². The number of alkyl halides is 3. The van der Waals surface area contributed by atoms with Gasteiger partial charge >= 0.3 is 12.1 Å². The number of esters is 1. The van der Waals surface area contributed by atoms with Crippen LogP contribution in [0.3, 0.4) is 0 Å². The summed E-state index contributed by atoms with van der Waals surface area (Å²) in [5.74, 6) is -1.49. The highest BCUT2D eigenvalue weighted by Crippen LogP contribution is 2.33. The number of carbonyl (C=O) groups excluding carboxylic acids is 1. The number of halogens is 3. The number of nitrogens with zero attached hydrogens (tertiary/aromatic N) is 2. The van der Waals surface area contributed by atoms with E-state index in [1.165, 1.54) is 13.2 Å². The molecular formula is C19H17F3N2O2. The van der Waals surface area contributed by atoms with Crippen LogP contribution in [0, 0.1) is 13.8 Å². The van der Waals surface area contributed by atoms with Crippen molar-refractivity contribution in [3.05, 3.63) is 64.5 Å². The molecule has 3 aromatic rings. The Labute approximate surface area is 148 Å². The van der Waals surface area contributed by atoms with Gasteiger partial charge in [-0.25, -0.2) is 9.78 Å². The molecule has 0 aliphatic carbocycles. The fraction of sp³-hybridized carbons (Fsp3) is 0.263. The second-order valence-corrected chi connectivity index (χ2v) is 6.14. The van der Waals surface area contributed by atoms with Gasteiger partial charge in [-0.2, -0.15) is 13.2 Å². The predicted octanol–water partition coefficient (Wildman–Crippen LogP) is 4.51. The first-order chi connectivity index (χ1) is 12.2. The molecule has 0 unspecified atom stereocenters. The van der Waals surface area contributed by atoms with Gasteiger partial charge in [-0.1, -0.05) is 12.1 Å². The van der Waals surface area contributed by atoms with E-state index in [2.05, 4.69) is 9.72 Å². The molecule has 0 fully saturated rings. The zero-order valence-corrected chi connectivity index (χ0v) is 14.5. The van der Waals surface area contributed by atoms with Crippen LogP contribution in [0.1, 0.15) is 32.9 Å². The second kappa shape index (κ2) is 6.48. The average Bonchev–Trinajstić information content (AvgIpc) is 2.93. The van der Waals surface area contributed by atoms with Crippen molar-refractivity contribution in [1.82, 2.24) is 9.55 Å². The molecular weight excluding hydrogens is 345 g/mol. The van der Waals surface area contributed by atoms with E-state index in [9.17, 15) is 18.0 Å². The van der Waals surface area contributed by atoms with Crippen molar-refractivity contribution < 1.29 is 22.7 Å². The first kappa shape index (κ1) is 18.0. The van der Waals surface area contributed by atoms with Crippen LogP contribution < -0.4 is 0 Å². The van der Waals surface area contributed by atoms with E-state index < -0.39 is 18.0 Å². The van der Waals surface area contributed by atoms with Crippen LogP contribution in [-0.4, -0.2) is 22.6 Å². The molecule has 4 nitrogen and oxygen atoms in total. The standard InChI is InChI=1S/C19H17F3N2O2/c1-11-7-15-16(8-12(11)2)24(18(23-15)19(20,21)22)10-13-5-4-6-14(9-13)17(25)26-3/h4-9H,10H2,1-3H3. The van der Waals surface area contributed by atoms with Crippen LogP contribution in [0.15, 0.2) is 36.4 Å². The fourth-order valence-corrected chi connectivity index (χ4v) is 2.85. The molecule has 0 aliphatic heterocycles. The molecule has 136 valence electrons. The number of hydrogen-bond acceptors (Lipinski definition) is 3. The first-order valence-electron chi connectivity index (χ1n) is 7.92. The number of imidazole rings is 1. The fourth-order valence-electron chi connectivity index (χ4n) is 2.85. The van der Waals surface area contributed by atoms with E-state index in [0.717, 1.165) is 15.7 Å². The van der Waals surface area contributed by atoms with E-state index in [1.807, 2.05) is 13.8 Å². The molecule has 26 heavy (non-hydrogen) atoms. The van der Waals surface area contributed by atoms with Gasteiger partial charge in [-0.05, 0) is 54.8 Å². The third kappa shape index (κ3) is 3.29. The number of methoxy groups -OCH3 is 1. The summed E-state index contributed by atoms with van der Waals surface area (Å²) in [5.41, 5.74) is 3.30. The van der Waals surface area contributed by atoms with Crippen molar-refractivity contribution in [2.45, 2.75) is 26.6 Å². The minimum Gasteiger partial charge on any atom is -0.465 e. The number of rotatable bonds is 3. The SMILES string of the molecule is COC(=O)c1cccc(Cn2c(C(F)(F)F)nc3cc(C)c(C)cc32)c1. The number of ether oxygens (including phenoxy) is 1. The van der Waals surface area contributed by atoms with Crippen molar-refractivity contribution in [3.63, 3.8) is 0 Å². The molecule has 0 saturated carbocycles. The summed E-state index contributed by atoms with van der Waals surface area (Å²) in [5, 5.41) is 0. The maximum atomic E-state index is 13.5. The number of aryl methyl sites for hydroxylation is 2. The van der Waals surface area contributed by atoms with Crippen molar-refractivity contribution >= 4 is 17.0 Å². The summed E-state index contributed by atoms with van der Waals surface area (Å²) in [6.07, 6.45) is -4.58. The first-order valence-corrected chi connectivity index (χ1v) is 7.92. The van der Waals surface area contributed by atoms with Crippen molar-refractivity contribution in [3.8, 4) is 0 Å². The van der Waals surface area contributed by atoms with Gasteiger partial charge in [0, 0.05) is 6.54 Å². The molecule has 0 aliphatic rings. The lowest BCUT2D eigenvalue weighted by molar-refractivity contribution is -0.146. The van der Waals surface area contributed by atoms with Gasteiger partial charge in [0.15, 0.2) is 0 Å². The Morgan fingerprint density at radius 3 is 2.50 bits per heavy atom. The number of fused-ring (bicyclic) bond motifs is 1. The van der Waals surface area contributed by atoms with E-state index in [4.69, 9.17) is 0 Å². The summed E-state index contributed by atoms with van der Waals surface area (Å²) in [4.78, 5) is 15.5. The van der Waals surface area contributed by atoms with Gasteiger partial charge in [0.1, 0.15) is 0 Å². The zero-order chi connectivity index (χ0) is 19.1. The van der Waals surface area contributed by atoms with Crippen LogP contribution in [0.5, 0.6) is 0 Å². The molecule has 0 spiro atoms. The molecule has 0 atom stereocenters.